The van der Waals surface area contributed by atoms with E-state index in [1.165, 1.54) is 44.6 Å². The summed E-state index contributed by atoms with van der Waals surface area (Å²) in [5.41, 5.74) is 13.7. The van der Waals surface area contributed by atoms with Crippen molar-refractivity contribution in [3.05, 3.63) is 245 Å². The molecule has 9 aromatic rings. The summed E-state index contributed by atoms with van der Waals surface area (Å²) >= 11 is 0. The van der Waals surface area contributed by atoms with Gasteiger partial charge in [0, 0.05) is 77.6 Å². The van der Waals surface area contributed by atoms with Crippen LogP contribution in [0.4, 0.5) is 11.4 Å². The predicted octanol–water partition coefficient (Wildman–Crippen LogP) is 18.4. The second kappa shape index (κ2) is 20.3. The third kappa shape index (κ3) is 10.5. The minimum absolute atomic E-state index is 0. The van der Waals surface area contributed by atoms with Gasteiger partial charge in [0.2, 0.25) is 0 Å². The Balaban J connectivity index is 0.00000722. The van der Waals surface area contributed by atoms with Crippen LogP contribution in [-0.2, 0) is 53.6 Å². The number of fused-ring (bicyclic) bond motifs is 3. The van der Waals surface area contributed by atoms with Crippen molar-refractivity contribution in [2.75, 3.05) is 9.80 Å². The molecular formula is C71H75N4OPt-3. The van der Waals surface area contributed by atoms with Gasteiger partial charge in [0.25, 0.3) is 0 Å². The first kappa shape index (κ1) is 55.1. The quantitative estimate of drug-likeness (QED) is 0.121. The number of rotatable bonds is 11. The van der Waals surface area contributed by atoms with Crippen molar-refractivity contribution in [1.82, 2.24) is 9.55 Å². The van der Waals surface area contributed by atoms with E-state index < -0.39 is 10.8 Å². The molecule has 0 bridgehead atoms. The molecule has 0 amide bonds. The van der Waals surface area contributed by atoms with Crippen molar-refractivity contribution in [1.29, 1.82) is 0 Å². The molecule has 0 spiro atoms. The van der Waals surface area contributed by atoms with Crippen molar-refractivity contribution in [3.63, 3.8) is 0 Å². The van der Waals surface area contributed by atoms with Crippen LogP contribution in [0.2, 0.25) is 0 Å². The van der Waals surface area contributed by atoms with Crippen LogP contribution in [0.3, 0.4) is 0 Å². The van der Waals surface area contributed by atoms with Crippen LogP contribution in [0.15, 0.2) is 187 Å². The number of ether oxygens (including phenoxy) is 1. The van der Waals surface area contributed by atoms with Gasteiger partial charge >= 0.3 is 0 Å². The Morgan fingerprint density at radius 3 is 1.48 bits per heavy atom. The van der Waals surface area contributed by atoms with Crippen LogP contribution >= 0.6 is 0 Å². The number of hydrogen-bond acceptors (Lipinski definition) is 4. The number of nitrogens with zero attached hydrogens (tertiary/aromatic N) is 4. The molecule has 0 atom stereocenters. The summed E-state index contributed by atoms with van der Waals surface area (Å²) in [5, 5.41) is 2.24. The van der Waals surface area contributed by atoms with Gasteiger partial charge in [-0.2, -0.15) is 12.1 Å². The fourth-order valence-electron chi connectivity index (χ4n) is 11.0. The zero-order valence-electron chi connectivity index (χ0n) is 47.8. The zero-order valence-corrected chi connectivity index (χ0v) is 50.1. The average molecular weight is 1200 g/mol. The topological polar surface area (TPSA) is 33.5 Å². The smallest absolute Gasteiger partial charge is 0.135 e. The van der Waals surface area contributed by atoms with E-state index in [9.17, 15) is 0 Å². The molecule has 6 heteroatoms. The van der Waals surface area contributed by atoms with E-state index in [1.54, 1.807) is 0 Å². The maximum Gasteiger partial charge on any atom is 0.135 e. The molecule has 10 rings (SSSR count). The Labute approximate surface area is 474 Å². The number of pyridine rings is 1. The molecule has 7 aromatic carbocycles. The molecule has 77 heavy (non-hydrogen) atoms. The van der Waals surface area contributed by atoms with Gasteiger partial charge in [0.05, 0.1) is 0 Å². The second-order valence-electron chi connectivity index (χ2n) is 25.6. The van der Waals surface area contributed by atoms with Gasteiger partial charge in [-0.25, -0.2) is 4.98 Å². The van der Waals surface area contributed by atoms with Crippen molar-refractivity contribution < 1.29 is 25.8 Å². The van der Waals surface area contributed by atoms with Gasteiger partial charge in [-0.1, -0.05) is 219 Å². The van der Waals surface area contributed by atoms with E-state index in [-0.39, 0.29) is 42.7 Å². The third-order valence-corrected chi connectivity index (χ3v) is 16.0. The van der Waals surface area contributed by atoms with E-state index in [0.29, 0.717) is 11.5 Å². The summed E-state index contributed by atoms with van der Waals surface area (Å²) in [6.45, 7) is 37.0. The SMILES string of the molecule is CC(C)(C)c1cc(N2[CH-]N(c3[c-]c(Oc4[c-]c5c(cc4)c4cc(C(C)(C)C)ccc4n5-c4cc(C(C)(C)c5ccccc5)ccn4)ccc3)C(C(C)(C)c3ccccc3)=C2C(C)(C)c2ccccc2)cc(C(C)(C)C)c1.[Pt]. The molecule has 0 aliphatic carbocycles. The average Bonchev–Trinajstić information content (AvgIpc) is 4.09. The molecule has 2 aromatic heterocycles. The van der Waals surface area contributed by atoms with Crippen molar-refractivity contribution in [3.8, 4) is 17.3 Å². The first-order chi connectivity index (χ1) is 35.8. The van der Waals surface area contributed by atoms with Crippen LogP contribution in [0.5, 0.6) is 11.5 Å². The molecule has 0 fully saturated rings. The van der Waals surface area contributed by atoms with E-state index in [2.05, 4.69) is 295 Å². The maximum absolute atomic E-state index is 6.96. The van der Waals surface area contributed by atoms with Crippen LogP contribution in [0.25, 0.3) is 27.6 Å². The summed E-state index contributed by atoms with van der Waals surface area (Å²) in [6, 6.07) is 69.0. The Hall–Kier alpha value is -6.68. The van der Waals surface area contributed by atoms with Crippen molar-refractivity contribution >= 4 is 33.2 Å². The summed E-state index contributed by atoms with van der Waals surface area (Å²) in [4.78, 5) is 9.90. The molecule has 3 heterocycles. The van der Waals surface area contributed by atoms with E-state index in [0.717, 1.165) is 44.7 Å². The van der Waals surface area contributed by atoms with E-state index >= 15 is 0 Å². The molecular weight excluding hydrogens is 1120 g/mol. The molecule has 0 saturated heterocycles. The molecule has 5 nitrogen and oxygen atoms in total. The molecule has 398 valence electrons. The number of allylic oxidation sites excluding steroid dienone is 2. The largest absolute Gasteiger partial charge is 0.509 e. The maximum atomic E-state index is 6.96. The minimum atomic E-state index is -0.478. The monoisotopic (exact) mass is 1190 g/mol. The van der Waals surface area contributed by atoms with E-state index in [4.69, 9.17) is 9.72 Å². The molecule has 1 aliphatic heterocycles. The number of aromatic nitrogens is 2. The fourth-order valence-corrected chi connectivity index (χ4v) is 11.0. The van der Waals surface area contributed by atoms with Crippen molar-refractivity contribution in [2.45, 2.75) is 136 Å². The number of anilines is 2. The normalized spacial score (nSPS) is 13.9. The summed E-state index contributed by atoms with van der Waals surface area (Å²) in [5.74, 6) is 2.01. The van der Waals surface area contributed by atoms with Crippen LogP contribution < -0.4 is 14.5 Å². The Bertz CT molecular complexity index is 3590. The minimum Gasteiger partial charge on any atom is -0.509 e. The fraction of sp³-hybridized carbons (Fsp3) is 0.296. The van der Waals surface area contributed by atoms with Gasteiger partial charge in [-0.3, -0.25) is 0 Å². The second-order valence-corrected chi connectivity index (χ2v) is 25.6. The molecule has 0 saturated carbocycles. The van der Waals surface area contributed by atoms with Gasteiger partial charge in [0.1, 0.15) is 5.82 Å². The third-order valence-electron chi connectivity index (χ3n) is 16.0. The Morgan fingerprint density at radius 2 is 0.935 bits per heavy atom. The van der Waals surface area contributed by atoms with Gasteiger partial charge < -0.3 is 19.1 Å². The van der Waals surface area contributed by atoms with Gasteiger partial charge in [-0.15, -0.1) is 48.1 Å². The van der Waals surface area contributed by atoms with Crippen LogP contribution in [0, 0.1) is 18.8 Å². The molecule has 0 N–H and O–H groups in total. The predicted molar refractivity (Wildman–Crippen MR) is 319 cm³/mol. The molecule has 0 unspecified atom stereocenters. The molecule has 1 aliphatic rings. The van der Waals surface area contributed by atoms with Crippen molar-refractivity contribution in [2.24, 2.45) is 0 Å². The Kier molecular flexibility index (Phi) is 14.5. The van der Waals surface area contributed by atoms with Gasteiger partial charge in [0.15, 0.2) is 0 Å². The number of hydrogen-bond donors (Lipinski definition) is 0. The molecule has 0 radical (unpaired) electrons. The van der Waals surface area contributed by atoms with Crippen LogP contribution in [0.1, 0.15) is 143 Å². The summed E-state index contributed by atoms with van der Waals surface area (Å²) in [7, 11) is 0. The standard InChI is InChI=1S/C71H75N4O.Pt/c1-66(2,3)51-34-37-61-60(43-51)59-36-35-58(46-62(59)75(61)63-44-52(38-39-72-63)69(10,11)48-26-19-16-20-27-48)76-57-33-25-32-55(45-57)73-47-74(56-41-53(67(4,5)6)40-54(42-56)68(7,8)9)65(71(14,15)50-30-23-18-24-31-50)64(73)70(12,13)49-28-21-17-22-29-49;/h16-44,47H,1-15H3;/q-3;. The van der Waals surface area contributed by atoms with E-state index in [1.807, 2.05) is 18.3 Å². The summed E-state index contributed by atoms with van der Waals surface area (Å²) in [6.07, 6.45) is 1.94. The summed E-state index contributed by atoms with van der Waals surface area (Å²) < 4.78 is 9.21. The zero-order chi connectivity index (χ0) is 54.2. The first-order valence-corrected chi connectivity index (χ1v) is 27.0. The van der Waals surface area contributed by atoms with Crippen LogP contribution in [-0.4, -0.2) is 9.55 Å². The Morgan fingerprint density at radius 1 is 0.416 bits per heavy atom. The number of benzene rings is 7. The van der Waals surface area contributed by atoms with Gasteiger partial charge in [-0.05, 0) is 90.9 Å². The first-order valence-electron chi connectivity index (χ1n) is 27.0.